The molecule has 1 aliphatic heterocycles. The van der Waals surface area contributed by atoms with Gasteiger partial charge in [-0.2, -0.15) is 0 Å². The molecule has 0 radical (unpaired) electrons. The average Bonchev–Trinajstić information content (AvgIpc) is 3.01. The first-order chi connectivity index (χ1) is 7.66. The zero-order valence-electron chi connectivity index (χ0n) is 9.24. The second-order valence-corrected chi connectivity index (χ2v) is 5.72. The van der Waals surface area contributed by atoms with Crippen LogP contribution in [0.2, 0.25) is 0 Å². The summed E-state index contributed by atoms with van der Waals surface area (Å²) in [7, 11) is 0. The third-order valence-electron chi connectivity index (χ3n) is 3.42. The highest BCUT2D eigenvalue weighted by Crippen LogP contribution is 2.39. The highest BCUT2D eigenvalue weighted by atomic mass is 79.9. The zero-order chi connectivity index (χ0) is 11.3. The van der Waals surface area contributed by atoms with E-state index in [1.165, 1.54) is 5.56 Å². The van der Waals surface area contributed by atoms with Crippen molar-refractivity contribution in [3.63, 3.8) is 0 Å². The van der Waals surface area contributed by atoms with Crippen LogP contribution in [0.15, 0.2) is 22.7 Å². The van der Waals surface area contributed by atoms with Crippen molar-refractivity contribution in [1.82, 2.24) is 0 Å². The summed E-state index contributed by atoms with van der Waals surface area (Å²) >= 11 is 3.48. The molecule has 1 aromatic carbocycles. The normalized spacial score (nSPS) is 23.4. The molecular formula is C13H14BrNO. The molecule has 0 aromatic heterocycles. The quantitative estimate of drug-likeness (QED) is 0.774. The molecule has 0 saturated heterocycles. The van der Waals surface area contributed by atoms with Gasteiger partial charge >= 0.3 is 0 Å². The van der Waals surface area contributed by atoms with E-state index in [1.54, 1.807) is 0 Å². The van der Waals surface area contributed by atoms with Crippen molar-refractivity contribution >= 4 is 27.5 Å². The van der Waals surface area contributed by atoms with Crippen LogP contribution in [0, 0.1) is 5.92 Å². The van der Waals surface area contributed by atoms with Gasteiger partial charge < -0.3 is 4.90 Å². The van der Waals surface area contributed by atoms with E-state index >= 15 is 0 Å². The van der Waals surface area contributed by atoms with Crippen molar-refractivity contribution in [1.29, 1.82) is 0 Å². The Hall–Kier alpha value is -0.830. The highest BCUT2D eigenvalue weighted by Gasteiger charge is 2.39. The van der Waals surface area contributed by atoms with Crippen molar-refractivity contribution < 1.29 is 4.79 Å². The number of fused-ring (bicyclic) bond motifs is 1. The molecule has 1 heterocycles. The zero-order valence-corrected chi connectivity index (χ0v) is 10.8. The molecule has 3 heteroatoms. The van der Waals surface area contributed by atoms with Crippen LogP contribution >= 0.6 is 15.9 Å². The number of hydrogen-bond acceptors (Lipinski definition) is 1. The fourth-order valence-corrected chi connectivity index (χ4v) is 2.87. The van der Waals surface area contributed by atoms with Gasteiger partial charge in [-0.1, -0.05) is 15.9 Å². The summed E-state index contributed by atoms with van der Waals surface area (Å²) in [5.74, 6) is 0.630. The van der Waals surface area contributed by atoms with E-state index < -0.39 is 0 Å². The Bertz CT molecular complexity index is 453. The summed E-state index contributed by atoms with van der Waals surface area (Å²) in [6, 6.07) is 6.52. The average molecular weight is 280 g/mol. The first-order valence-corrected chi connectivity index (χ1v) is 6.57. The predicted molar refractivity (Wildman–Crippen MR) is 67.5 cm³/mol. The van der Waals surface area contributed by atoms with E-state index in [0.29, 0.717) is 17.9 Å². The maximum Gasteiger partial charge on any atom is 0.230 e. The van der Waals surface area contributed by atoms with Gasteiger partial charge in [0.2, 0.25) is 5.91 Å². The van der Waals surface area contributed by atoms with Crippen LogP contribution in [-0.4, -0.2) is 11.9 Å². The number of hydrogen-bond donors (Lipinski definition) is 0. The van der Waals surface area contributed by atoms with E-state index in [-0.39, 0.29) is 0 Å². The first kappa shape index (κ1) is 10.3. The molecule has 3 rings (SSSR count). The number of carbonyl (C=O) groups is 1. The number of benzene rings is 1. The standard InChI is InChI=1S/C13H14BrNO/c1-8-6-10-7-11(14)4-5-12(10)15(8)13(16)9-2-3-9/h4-5,7-9H,2-3,6H2,1H3/t8-/m1/s1. The van der Waals surface area contributed by atoms with Crippen molar-refractivity contribution in [2.75, 3.05) is 4.90 Å². The number of anilines is 1. The van der Waals surface area contributed by atoms with Gasteiger partial charge in [0, 0.05) is 22.1 Å². The maximum atomic E-state index is 12.2. The minimum Gasteiger partial charge on any atom is -0.309 e. The van der Waals surface area contributed by atoms with Gasteiger partial charge in [0.1, 0.15) is 0 Å². The molecule has 2 aliphatic rings. The molecule has 0 bridgehead atoms. The molecular weight excluding hydrogens is 266 g/mol. The van der Waals surface area contributed by atoms with Gasteiger partial charge in [-0.05, 0) is 49.9 Å². The van der Waals surface area contributed by atoms with Crippen LogP contribution in [0.25, 0.3) is 0 Å². The minimum absolute atomic E-state index is 0.303. The van der Waals surface area contributed by atoms with Crippen molar-refractivity contribution in [3.8, 4) is 0 Å². The molecule has 1 atom stereocenters. The molecule has 1 saturated carbocycles. The summed E-state index contributed by atoms with van der Waals surface area (Å²) < 4.78 is 1.10. The summed E-state index contributed by atoms with van der Waals surface area (Å²) in [5.41, 5.74) is 2.41. The number of nitrogens with zero attached hydrogens (tertiary/aromatic N) is 1. The lowest BCUT2D eigenvalue weighted by molar-refractivity contribution is -0.120. The SMILES string of the molecule is C[C@@H]1Cc2cc(Br)ccc2N1C(=O)C1CC1. The van der Waals surface area contributed by atoms with Gasteiger partial charge in [0.15, 0.2) is 0 Å². The van der Waals surface area contributed by atoms with Crippen LogP contribution in [0.5, 0.6) is 0 Å². The summed E-state index contributed by atoms with van der Waals surface area (Å²) in [4.78, 5) is 14.2. The largest absolute Gasteiger partial charge is 0.309 e. The fraction of sp³-hybridized carbons (Fsp3) is 0.462. The molecule has 1 amide bonds. The Morgan fingerprint density at radius 1 is 1.44 bits per heavy atom. The number of carbonyl (C=O) groups excluding carboxylic acids is 1. The Morgan fingerprint density at radius 2 is 2.19 bits per heavy atom. The molecule has 16 heavy (non-hydrogen) atoms. The lowest BCUT2D eigenvalue weighted by atomic mass is 10.1. The van der Waals surface area contributed by atoms with Crippen molar-refractivity contribution in [2.24, 2.45) is 5.92 Å². The van der Waals surface area contributed by atoms with Gasteiger partial charge in [-0.3, -0.25) is 4.79 Å². The minimum atomic E-state index is 0.303. The van der Waals surface area contributed by atoms with E-state index in [4.69, 9.17) is 0 Å². The molecule has 84 valence electrons. The Labute approximate surface area is 104 Å². The van der Waals surface area contributed by atoms with Gasteiger partial charge in [0.05, 0.1) is 0 Å². The van der Waals surface area contributed by atoms with E-state index in [9.17, 15) is 4.79 Å². The second kappa shape index (κ2) is 3.59. The highest BCUT2D eigenvalue weighted by molar-refractivity contribution is 9.10. The van der Waals surface area contributed by atoms with Crippen LogP contribution in [-0.2, 0) is 11.2 Å². The van der Waals surface area contributed by atoms with E-state index in [0.717, 1.165) is 29.4 Å². The topological polar surface area (TPSA) is 20.3 Å². The van der Waals surface area contributed by atoms with Crippen molar-refractivity contribution in [2.45, 2.75) is 32.2 Å². The first-order valence-electron chi connectivity index (χ1n) is 5.78. The van der Waals surface area contributed by atoms with Crippen LogP contribution in [0.1, 0.15) is 25.3 Å². The number of halogens is 1. The predicted octanol–water partition coefficient (Wildman–Crippen LogP) is 3.14. The van der Waals surface area contributed by atoms with Crippen LogP contribution < -0.4 is 4.90 Å². The smallest absolute Gasteiger partial charge is 0.230 e. The molecule has 1 fully saturated rings. The molecule has 0 spiro atoms. The summed E-state index contributed by atoms with van der Waals surface area (Å²) in [6.45, 7) is 2.13. The van der Waals surface area contributed by atoms with Crippen molar-refractivity contribution in [3.05, 3.63) is 28.2 Å². The lowest BCUT2D eigenvalue weighted by Gasteiger charge is -2.22. The summed E-state index contributed by atoms with van der Waals surface area (Å²) in [5, 5.41) is 0. The molecule has 2 nitrogen and oxygen atoms in total. The van der Waals surface area contributed by atoms with Gasteiger partial charge in [-0.15, -0.1) is 0 Å². The summed E-state index contributed by atoms with van der Waals surface area (Å²) in [6.07, 6.45) is 3.13. The van der Waals surface area contributed by atoms with E-state index in [2.05, 4.69) is 35.0 Å². The van der Waals surface area contributed by atoms with E-state index in [1.807, 2.05) is 11.0 Å². The molecule has 1 aromatic rings. The van der Waals surface area contributed by atoms with Gasteiger partial charge in [0.25, 0.3) is 0 Å². The molecule has 0 N–H and O–H groups in total. The number of rotatable bonds is 1. The van der Waals surface area contributed by atoms with Crippen LogP contribution in [0.4, 0.5) is 5.69 Å². The Morgan fingerprint density at radius 3 is 2.88 bits per heavy atom. The lowest BCUT2D eigenvalue weighted by Crippen LogP contribution is -2.36. The van der Waals surface area contributed by atoms with Crippen LogP contribution in [0.3, 0.4) is 0 Å². The monoisotopic (exact) mass is 279 g/mol. The third kappa shape index (κ3) is 1.58. The molecule has 0 unspecified atom stereocenters. The second-order valence-electron chi connectivity index (χ2n) is 4.81. The molecule has 1 aliphatic carbocycles. The number of amides is 1. The Balaban J connectivity index is 1.98. The third-order valence-corrected chi connectivity index (χ3v) is 3.91. The van der Waals surface area contributed by atoms with Gasteiger partial charge in [-0.25, -0.2) is 0 Å². The maximum absolute atomic E-state index is 12.2. The fourth-order valence-electron chi connectivity index (χ4n) is 2.46. The Kier molecular flexibility index (Phi) is 2.32.